The zero-order valence-electron chi connectivity index (χ0n) is 19.8. The van der Waals surface area contributed by atoms with Gasteiger partial charge in [-0.15, -0.1) is 0 Å². The summed E-state index contributed by atoms with van der Waals surface area (Å²) in [5, 5.41) is 13.7. The minimum atomic E-state index is -4.20. The number of carbonyl (C=O) groups is 2. The molecule has 1 heterocycles. The van der Waals surface area contributed by atoms with E-state index >= 15 is 0 Å². The Kier molecular flexibility index (Phi) is 7.84. The molecule has 0 unspecified atom stereocenters. The molecule has 0 fully saturated rings. The number of sulfone groups is 1. The predicted octanol–water partition coefficient (Wildman–Crippen LogP) is 1.27. The fraction of sp³-hybridized carbons (Fsp3) is 0.261. The van der Waals surface area contributed by atoms with Crippen LogP contribution in [0.3, 0.4) is 0 Å². The molecule has 2 amide bonds. The second-order valence-electron chi connectivity index (χ2n) is 7.83. The van der Waals surface area contributed by atoms with Crippen LogP contribution in [0.25, 0.3) is 16.8 Å². The first kappa shape index (κ1) is 26.9. The van der Waals surface area contributed by atoms with Gasteiger partial charge in [-0.2, -0.15) is 0 Å². The van der Waals surface area contributed by atoms with Crippen LogP contribution in [0, 0.1) is 0 Å². The number of aromatic carboxylic acids is 1. The van der Waals surface area contributed by atoms with Gasteiger partial charge in [-0.3, -0.25) is 4.57 Å². The van der Waals surface area contributed by atoms with E-state index in [0.717, 1.165) is 6.26 Å². The van der Waals surface area contributed by atoms with E-state index in [1.165, 1.54) is 28.8 Å². The average Bonchev–Trinajstić information content (AvgIpc) is 3.19. The van der Waals surface area contributed by atoms with Crippen molar-refractivity contribution in [1.29, 1.82) is 0 Å². The number of imidazole rings is 1. The molecule has 0 saturated heterocycles. The Morgan fingerprint density at radius 1 is 1.00 bits per heavy atom. The number of carboxylic acid groups (broad SMARTS) is 1. The Balaban J connectivity index is 2.12. The van der Waals surface area contributed by atoms with E-state index in [1.807, 2.05) is 11.6 Å². The van der Waals surface area contributed by atoms with Crippen LogP contribution in [-0.2, 0) is 26.3 Å². The number of benzene rings is 2. The number of rotatable bonds is 9. The van der Waals surface area contributed by atoms with Crippen molar-refractivity contribution in [2.24, 2.45) is 0 Å². The van der Waals surface area contributed by atoms with Crippen molar-refractivity contribution < 1.29 is 31.5 Å². The standard InChI is InChI=1S/C23H26N4O7S2/c1-4-8-19-25-21(35(3,31)32)20(22(28)29)27(19)16-13-11-15(12-14-16)17-9-6-7-10-18(17)36(33,34)26-23(30)24-5-2/h6-7,9-14H,4-5,8H2,1-3H3,(H,28,29)(H2,24,26,30)/p-1. The summed E-state index contributed by atoms with van der Waals surface area (Å²) >= 11 is 0. The highest BCUT2D eigenvalue weighted by Gasteiger charge is 2.26. The molecule has 0 aliphatic rings. The minimum absolute atomic E-state index is 0.131. The zero-order chi connectivity index (χ0) is 26.7. The lowest BCUT2D eigenvalue weighted by atomic mass is 10.1. The lowest BCUT2D eigenvalue weighted by Crippen LogP contribution is -2.39. The number of nitrogens with zero attached hydrogens (tertiary/aromatic N) is 2. The molecule has 36 heavy (non-hydrogen) atoms. The molecule has 0 saturated carbocycles. The minimum Gasteiger partial charge on any atom is -0.543 e. The van der Waals surface area contributed by atoms with Crippen molar-refractivity contribution in [3.8, 4) is 16.8 Å². The fourth-order valence-corrected chi connectivity index (χ4v) is 5.61. The van der Waals surface area contributed by atoms with E-state index in [1.54, 1.807) is 31.2 Å². The molecule has 3 aromatic rings. The van der Waals surface area contributed by atoms with E-state index in [4.69, 9.17) is 0 Å². The summed E-state index contributed by atoms with van der Waals surface area (Å²) in [7, 11) is -8.15. The molecule has 192 valence electrons. The van der Waals surface area contributed by atoms with Crippen LogP contribution < -0.4 is 15.1 Å². The number of urea groups is 1. The van der Waals surface area contributed by atoms with Gasteiger partial charge in [0, 0.05) is 30.5 Å². The quantitative estimate of drug-likeness (QED) is 0.414. The predicted molar refractivity (Wildman–Crippen MR) is 130 cm³/mol. The molecule has 13 heteroatoms. The SMILES string of the molecule is CCCc1nc(S(C)(=O)=O)c(C(=O)[O-])n1-c1ccc(-c2ccccc2S(=O)(=O)NC(=O)NCC)cc1. The van der Waals surface area contributed by atoms with Crippen molar-refractivity contribution in [2.75, 3.05) is 12.8 Å². The van der Waals surface area contributed by atoms with Crippen LogP contribution in [0.5, 0.6) is 0 Å². The van der Waals surface area contributed by atoms with E-state index in [2.05, 4.69) is 10.3 Å². The van der Waals surface area contributed by atoms with Crippen LogP contribution in [0.15, 0.2) is 58.5 Å². The number of sulfonamides is 1. The molecule has 2 N–H and O–H groups in total. The van der Waals surface area contributed by atoms with Gasteiger partial charge in [0.25, 0.3) is 10.0 Å². The summed E-state index contributed by atoms with van der Waals surface area (Å²) in [5.74, 6) is -1.46. The maximum absolute atomic E-state index is 12.8. The first-order valence-corrected chi connectivity index (χ1v) is 14.3. The molecule has 0 radical (unpaired) electrons. The third-order valence-electron chi connectivity index (χ3n) is 5.11. The second-order valence-corrected chi connectivity index (χ2v) is 11.4. The van der Waals surface area contributed by atoms with Crippen LogP contribution in [0.1, 0.15) is 36.6 Å². The van der Waals surface area contributed by atoms with Gasteiger partial charge in [-0.05, 0) is 37.1 Å². The summed E-state index contributed by atoms with van der Waals surface area (Å²) in [5.41, 5.74) is 0.496. The molecule has 0 aliphatic carbocycles. The first-order chi connectivity index (χ1) is 16.9. The number of amides is 2. The molecule has 0 atom stereocenters. The highest BCUT2D eigenvalue weighted by atomic mass is 32.2. The maximum Gasteiger partial charge on any atom is 0.328 e. The highest BCUT2D eigenvalue weighted by molar-refractivity contribution is 7.90. The van der Waals surface area contributed by atoms with Crippen LogP contribution in [-0.4, -0.2) is 51.2 Å². The molecule has 2 aromatic carbocycles. The lowest BCUT2D eigenvalue weighted by molar-refractivity contribution is -0.256. The van der Waals surface area contributed by atoms with Gasteiger partial charge >= 0.3 is 6.03 Å². The molecular weight excluding hydrogens is 508 g/mol. The average molecular weight is 534 g/mol. The molecule has 0 aliphatic heterocycles. The molecule has 0 spiro atoms. The fourth-order valence-electron chi connectivity index (χ4n) is 3.65. The number of aryl methyl sites for hydroxylation is 1. The Morgan fingerprint density at radius 2 is 1.64 bits per heavy atom. The van der Waals surface area contributed by atoms with E-state index in [9.17, 15) is 31.5 Å². The van der Waals surface area contributed by atoms with E-state index in [-0.39, 0.29) is 17.3 Å². The van der Waals surface area contributed by atoms with Crippen molar-refractivity contribution in [3.63, 3.8) is 0 Å². The zero-order valence-corrected chi connectivity index (χ0v) is 21.4. The van der Waals surface area contributed by atoms with Crippen molar-refractivity contribution in [3.05, 3.63) is 60.0 Å². The monoisotopic (exact) mass is 533 g/mol. The number of nitrogens with one attached hydrogen (secondary N) is 2. The number of hydrogen-bond donors (Lipinski definition) is 2. The van der Waals surface area contributed by atoms with Crippen LogP contribution >= 0.6 is 0 Å². The summed E-state index contributed by atoms with van der Waals surface area (Å²) < 4.78 is 53.2. The number of aromatic nitrogens is 2. The molecule has 1 aromatic heterocycles. The van der Waals surface area contributed by atoms with Crippen LogP contribution in [0.2, 0.25) is 0 Å². The Morgan fingerprint density at radius 3 is 2.19 bits per heavy atom. The third kappa shape index (κ3) is 5.57. The number of carbonyl (C=O) groups excluding carboxylic acids is 2. The first-order valence-electron chi connectivity index (χ1n) is 10.9. The van der Waals surface area contributed by atoms with Crippen molar-refractivity contribution in [2.45, 2.75) is 36.6 Å². The summed E-state index contributed by atoms with van der Waals surface area (Å²) in [6, 6.07) is 11.4. The Bertz CT molecular complexity index is 1510. The molecule has 11 nitrogen and oxygen atoms in total. The van der Waals surface area contributed by atoms with Crippen molar-refractivity contribution >= 4 is 31.9 Å². The van der Waals surface area contributed by atoms with Gasteiger partial charge in [-0.1, -0.05) is 37.3 Å². The Hall–Kier alpha value is -3.71. The van der Waals surface area contributed by atoms with Gasteiger partial charge in [-0.25, -0.2) is 31.3 Å². The van der Waals surface area contributed by atoms with Gasteiger partial charge < -0.3 is 15.2 Å². The van der Waals surface area contributed by atoms with Crippen LogP contribution in [0.4, 0.5) is 4.79 Å². The second kappa shape index (κ2) is 10.5. The maximum atomic E-state index is 12.8. The summed E-state index contributed by atoms with van der Waals surface area (Å²) in [4.78, 5) is 27.7. The smallest absolute Gasteiger partial charge is 0.328 e. The topological polar surface area (TPSA) is 167 Å². The van der Waals surface area contributed by atoms with Gasteiger partial charge in [0.05, 0.1) is 10.9 Å². The summed E-state index contributed by atoms with van der Waals surface area (Å²) in [6.07, 6.45) is 1.76. The van der Waals surface area contributed by atoms with Gasteiger partial charge in [0.2, 0.25) is 0 Å². The Labute approximate surface area is 209 Å². The van der Waals surface area contributed by atoms with Gasteiger partial charge in [0.15, 0.2) is 14.9 Å². The number of carboxylic acids is 1. The number of hydrogen-bond acceptors (Lipinski definition) is 8. The largest absolute Gasteiger partial charge is 0.543 e. The molecule has 0 bridgehead atoms. The van der Waals surface area contributed by atoms with E-state index < -0.39 is 42.6 Å². The molecular formula is C23H25N4O7S2-. The molecule has 3 rings (SSSR count). The lowest BCUT2D eigenvalue weighted by Gasteiger charge is -2.15. The highest BCUT2D eigenvalue weighted by Crippen LogP contribution is 2.29. The van der Waals surface area contributed by atoms with Gasteiger partial charge in [0.1, 0.15) is 11.5 Å². The van der Waals surface area contributed by atoms with Crippen molar-refractivity contribution in [1.82, 2.24) is 19.6 Å². The third-order valence-corrected chi connectivity index (χ3v) is 7.49. The van der Waals surface area contributed by atoms with E-state index in [0.29, 0.717) is 29.7 Å². The summed E-state index contributed by atoms with van der Waals surface area (Å²) in [6.45, 7) is 3.74. The normalized spacial score (nSPS) is 11.8.